The first-order valence-corrected chi connectivity index (χ1v) is 10.5. The van der Waals surface area contributed by atoms with Crippen LogP contribution in [0.1, 0.15) is 16.8 Å². The summed E-state index contributed by atoms with van der Waals surface area (Å²) >= 11 is 6.07. The molecule has 0 bridgehead atoms. The summed E-state index contributed by atoms with van der Waals surface area (Å²) in [6.45, 7) is 2.24. The van der Waals surface area contributed by atoms with Gasteiger partial charge < -0.3 is 4.89 Å². The molecule has 1 aromatic heterocycles. The van der Waals surface area contributed by atoms with Gasteiger partial charge in [-0.2, -0.15) is 0 Å². The minimum absolute atomic E-state index is 0.173. The first-order chi connectivity index (χ1) is 13.5. The molecule has 4 rings (SSSR count). The van der Waals surface area contributed by atoms with Crippen LogP contribution in [0.15, 0.2) is 66.9 Å². The first kappa shape index (κ1) is 19.1. The second kappa shape index (κ2) is 8.03. The molecule has 0 amide bonds. The number of fused-ring (bicyclic) bond motifs is 1. The normalized spacial score (nSPS) is 19.0. The van der Waals surface area contributed by atoms with Crippen molar-refractivity contribution >= 4 is 19.7 Å². The Morgan fingerprint density at radius 1 is 1.18 bits per heavy atom. The van der Waals surface area contributed by atoms with Crippen molar-refractivity contribution in [2.45, 2.75) is 20.1 Å². The molecule has 2 aromatic carbocycles. The molecular weight excluding hydrogens is 399 g/mol. The molecule has 1 atom stereocenters. The Balaban J connectivity index is 1.61. The van der Waals surface area contributed by atoms with Crippen LogP contribution >= 0.6 is 19.7 Å². The van der Waals surface area contributed by atoms with Gasteiger partial charge in [0.2, 0.25) is 5.75 Å². The zero-order valence-corrected chi connectivity index (χ0v) is 16.8. The van der Waals surface area contributed by atoms with Crippen LogP contribution in [-0.2, 0) is 18.0 Å². The Hall–Kier alpha value is -2.21. The summed E-state index contributed by atoms with van der Waals surface area (Å²) in [4.78, 5) is 24.9. The van der Waals surface area contributed by atoms with Gasteiger partial charge >= 0.3 is 8.09 Å². The van der Waals surface area contributed by atoms with E-state index in [1.807, 2.05) is 37.3 Å². The van der Waals surface area contributed by atoms with Gasteiger partial charge in [0.1, 0.15) is 12.2 Å². The van der Waals surface area contributed by atoms with E-state index < -0.39 is 8.09 Å². The van der Waals surface area contributed by atoms with Crippen LogP contribution in [0.25, 0.3) is 0 Å². The summed E-state index contributed by atoms with van der Waals surface area (Å²) in [5, 5.41) is 0.599. The van der Waals surface area contributed by atoms with Gasteiger partial charge in [-0.25, -0.2) is 0 Å². The summed E-state index contributed by atoms with van der Waals surface area (Å²) in [6, 6.07) is 18.1. The number of pyridine rings is 1. The van der Waals surface area contributed by atoms with Gasteiger partial charge in [0, 0.05) is 16.1 Å². The molecule has 8 heteroatoms. The average Bonchev–Trinajstić information content (AvgIpc) is 2.70. The summed E-state index contributed by atoms with van der Waals surface area (Å²) in [7, 11) is -3.82. The summed E-state index contributed by atoms with van der Waals surface area (Å²) in [6.07, 6.45) is 1.65. The van der Waals surface area contributed by atoms with Crippen LogP contribution in [0.4, 0.5) is 0 Å². The molecule has 0 fully saturated rings. The minimum atomic E-state index is -3.82. The van der Waals surface area contributed by atoms with Gasteiger partial charge in [0.05, 0.1) is 6.61 Å². The molecule has 0 aliphatic carbocycles. The fraction of sp³-hybridized carbons (Fsp3) is 0.150. The highest BCUT2D eigenvalue weighted by atomic mass is 35.5. The number of rotatable bonds is 5. The molecular formula is C20H18ClN2O4P. The number of aromatic nitrogens is 1. The van der Waals surface area contributed by atoms with Crippen molar-refractivity contribution in [3.05, 3.63) is 88.7 Å². The molecule has 0 saturated heterocycles. The highest BCUT2D eigenvalue weighted by molar-refractivity contribution is 7.57. The van der Waals surface area contributed by atoms with E-state index in [1.165, 1.54) is 4.83 Å². The van der Waals surface area contributed by atoms with Crippen LogP contribution < -0.4 is 13.9 Å². The third-order valence-electron chi connectivity index (χ3n) is 4.19. The molecule has 0 N–H and O–H groups in total. The smallest absolute Gasteiger partial charge is 0.435 e. The lowest BCUT2D eigenvalue weighted by Gasteiger charge is -2.37. The van der Waals surface area contributed by atoms with Gasteiger partial charge in [0.15, 0.2) is 5.75 Å². The molecule has 1 aliphatic rings. The third-order valence-corrected chi connectivity index (χ3v) is 6.29. The van der Waals surface area contributed by atoms with Crippen molar-refractivity contribution in [1.29, 1.82) is 0 Å². The SMILES string of the molecule is Cc1cc(O[P+]2([O-])Oc3cccnc3CN2OCc2ccccc2)ccc1Cl. The van der Waals surface area contributed by atoms with E-state index in [1.54, 1.807) is 36.5 Å². The summed E-state index contributed by atoms with van der Waals surface area (Å²) < 4.78 is 11.5. The zero-order valence-electron chi connectivity index (χ0n) is 15.1. The van der Waals surface area contributed by atoms with Gasteiger partial charge in [-0.15, -0.1) is 0 Å². The Morgan fingerprint density at radius 2 is 2.00 bits per heavy atom. The Bertz CT molecular complexity index is 975. The molecule has 0 radical (unpaired) electrons. The van der Waals surface area contributed by atoms with Crippen LogP contribution in [0.5, 0.6) is 11.5 Å². The molecule has 1 aliphatic heterocycles. The van der Waals surface area contributed by atoms with Crippen LogP contribution in [-0.4, -0.2) is 9.82 Å². The molecule has 0 spiro atoms. The van der Waals surface area contributed by atoms with Gasteiger partial charge in [-0.3, -0.25) is 18.9 Å². The molecule has 3 aromatic rings. The van der Waals surface area contributed by atoms with Crippen molar-refractivity contribution in [3.8, 4) is 11.5 Å². The maximum atomic E-state index is 13.6. The lowest BCUT2D eigenvalue weighted by atomic mass is 10.2. The van der Waals surface area contributed by atoms with Gasteiger partial charge in [-0.05, 0) is 48.4 Å². The third kappa shape index (κ3) is 4.12. The number of aryl methyl sites for hydroxylation is 1. The molecule has 144 valence electrons. The Kier molecular flexibility index (Phi) is 5.49. The van der Waals surface area contributed by atoms with E-state index in [9.17, 15) is 4.89 Å². The number of benzene rings is 2. The van der Waals surface area contributed by atoms with Crippen molar-refractivity contribution < 1.29 is 18.8 Å². The molecule has 0 saturated carbocycles. The van der Waals surface area contributed by atoms with E-state index in [4.69, 9.17) is 25.5 Å². The number of hydrogen-bond acceptors (Lipinski definition) is 6. The van der Waals surface area contributed by atoms with Crippen molar-refractivity contribution in [3.63, 3.8) is 0 Å². The monoisotopic (exact) mass is 416 g/mol. The summed E-state index contributed by atoms with van der Waals surface area (Å²) in [5.41, 5.74) is 2.36. The number of nitrogens with zero attached hydrogens (tertiary/aromatic N) is 2. The van der Waals surface area contributed by atoms with Crippen molar-refractivity contribution in [2.24, 2.45) is 0 Å². The summed E-state index contributed by atoms with van der Waals surface area (Å²) in [5.74, 6) is 0.793. The Morgan fingerprint density at radius 3 is 2.79 bits per heavy atom. The van der Waals surface area contributed by atoms with Crippen LogP contribution in [0.2, 0.25) is 5.02 Å². The lowest BCUT2D eigenvalue weighted by molar-refractivity contribution is -0.261. The largest absolute Gasteiger partial charge is 0.599 e. The van der Waals surface area contributed by atoms with Crippen LogP contribution in [0, 0.1) is 6.92 Å². The zero-order chi connectivity index (χ0) is 19.6. The van der Waals surface area contributed by atoms with Crippen molar-refractivity contribution in [1.82, 2.24) is 9.82 Å². The van der Waals surface area contributed by atoms with E-state index in [0.717, 1.165) is 11.1 Å². The van der Waals surface area contributed by atoms with E-state index >= 15 is 0 Å². The van der Waals surface area contributed by atoms with E-state index in [-0.39, 0.29) is 13.2 Å². The van der Waals surface area contributed by atoms with Crippen molar-refractivity contribution in [2.75, 3.05) is 0 Å². The first-order valence-electron chi connectivity index (χ1n) is 8.68. The van der Waals surface area contributed by atoms with E-state index in [2.05, 4.69) is 4.98 Å². The second-order valence-corrected chi connectivity index (χ2v) is 8.44. The maximum Gasteiger partial charge on any atom is 0.435 e. The minimum Gasteiger partial charge on any atom is -0.599 e. The predicted molar refractivity (Wildman–Crippen MR) is 105 cm³/mol. The molecule has 28 heavy (non-hydrogen) atoms. The topological polar surface area (TPSA) is 66.9 Å². The van der Waals surface area contributed by atoms with Gasteiger partial charge in [0.25, 0.3) is 0 Å². The Labute approximate surface area is 168 Å². The maximum absolute atomic E-state index is 13.6. The molecule has 2 heterocycles. The quantitative estimate of drug-likeness (QED) is 0.571. The highest BCUT2D eigenvalue weighted by Crippen LogP contribution is 2.59. The van der Waals surface area contributed by atoms with Gasteiger partial charge in [-0.1, -0.05) is 41.9 Å². The van der Waals surface area contributed by atoms with Crippen LogP contribution in [0.3, 0.4) is 0 Å². The second-order valence-electron chi connectivity index (χ2n) is 6.28. The fourth-order valence-corrected chi connectivity index (χ4v) is 4.36. The number of hydrogen-bond donors (Lipinski definition) is 0. The molecule has 1 unspecified atom stereocenters. The van der Waals surface area contributed by atoms with E-state index in [0.29, 0.717) is 22.2 Å². The lowest BCUT2D eigenvalue weighted by Crippen LogP contribution is -2.40. The fourth-order valence-electron chi connectivity index (χ4n) is 2.72. The number of halogens is 1. The average molecular weight is 417 g/mol. The number of hydroxylamine groups is 1. The molecule has 6 nitrogen and oxygen atoms in total. The standard InChI is InChI=1S/C20H18ClN2O4P/c1-15-12-17(9-10-18(15)21)26-28(24)23(25-14-16-6-3-2-4-7-16)13-19-20(27-28)8-5-11-22-19/h2-12H,13-14H2,1H3. The predicted octanol–water partition coefficient (Wildman–Crippen LogP) is 4.49. The highest BCUT2D eigenvalue weighted by Gasteiger charge is 2.49.